The summed E-state index contributed by atoms with van der Waals surface area (Å²) < 4.78 is 5.41. The van der Waals surface area contributed by atoms with Crippen molar-refractivity contribution >= 4 is 39.3 Å². The third-order valence-electron chi connectivity index (χ3n) is 4.65. The molecule has 0 spiro atoms. The topological polar surface area (TPSA) is 62.4 Å². The van der Waals surface area contributed by atoms with Crippen LogP contribution in [-0.4, -0.2) is 18.7 Å². The third-order valence-corrected chi connectivity index (χ3v) is 5.55. The van der Waals surface area contributed by atoms with Crippen molar-refractivity contribution in [2.75, 3.05) is 7.11 Å². The molecule has 0 saturated carbocycles. The van der Waals surface area contributed by atoms with Gasteiger partial charge in [-0.2, -0.15) is 5.26 Å². The number of nitrogens with zero attached hydrogens (tertiary/aromatic N) is 2. The van der Waals surface area contributed by atoms with Crippen LogP contribution in [0.3, 0.4) is 0 Å². The zero-order valence-electron chi connectivity index (χ0n) is 13.2. The number of nitriles is 1. The molecule has 0 radical (unpaired) electrons. The highest BCUT2D eigenvalue weighted by Crippen LogP contribution is 2.48. The summed E-state index contributed by atoms with van der Waals surface area (Å²) in [7, 11) is 1.61. The lowest BCUT2D eigenvalue weighted by molar-refractivity contribution is -0.113. The fraction of sp³-hybridized carbons (Fsp3) is 0.0500. The fourth-order valence-electron chi connectivity index (χ4n) is 3.62. The van der Waals surface area contributed by atoms with Gasteiger partial charge in [0, 0.05) is 21.6 Å². The normalized spacial score (nSPS) is 14.7. The van der Waals surface area contributed by atoms with E-state index in [0.717, 1.165) is 32.3 Å². The predicted octanol–water partition coefficient (Wildman–Crippen LogP) is 4.20. The molecule has 5 heteroatoms. The second kappa shape index (κ2) is 4.88. The minimum atomic E-state index is -0.463. The smallest absolute Gasteiger partial charge is 0.288 e. The van der Waals surface area contributed by atoms with Crippen LogP contribution in [0.15, 0.2) is 52.3 Å². The first-order chi connectivity index (χ1) is 12.2. The molecule has 2 heterocycles. The summed E-state index contributed by atoms with van der Waals surface area (Å²) in [5.74, 6) is 0.234. The Morgan fingerprint density at radius 1 is 1.20 bits per heavy atom. The maximum Gasteiger partial charge on any atom is 0.288 e. The van der Waals surface area contributed by atoms with Gasteiger partial charge in [-0.05, 0) is 39.9 Å². The van der Waals surface area contributed by atoms with Crippen LogP contribution in [0.5, 0.6) is 5.75 Å². The molecule has 0 fully saturated rings. The van der Waals surface area contributed by atoms with Crippen molar-refractivity contribution in [3.8, 4) is 22.3 Å². The van der Waals surface area contributed by atoms with Crippen LogP contribution in [0.4, 0.5) is 0 Å². The first-order valence-corrected chi connectivity index (χ1v) is 8.58. The Balaban J connectivity index is 1.97. The van der Waals surface area contributed by atoms with Crippen LogP contribution in [0.1, 0.15) is 11.1 Å². The van der Waals surface area contributed by atoms with E-state index in [2.05, 4.69) is 17.1 Å². The van der Waals surface area contributed by atoms with Crippen molar-refractivity contribution in [2.45, 2.75) is 0 Å². The molecule has 2 aromatic carbocycles. The monoisotopic (exact) mass is 342 g/mol. The summed E-state index contributed by atoms with van der Waals surface area (Å²) >= 11 is 1.64. The summed E-state index contributed by atoms with van der Waals surface area (Å²) in [4.78, 5) is 17.5. The number of hydrogen-bond donors (Lipinski definition) is 0. The minimum absolute atomic E-state index is 0.109. The van der Waals surface area contributed by atoms with Gasteiger partial charge in [0.05, 0.1) is 12.8 Å². The Morgan fingerprint density at radius 3 is 2.80 bits per heavy atom. The van der Waals surface area contributed by atoms with Gasteiger partial charge in [0.1, 0.15) is 17.4 Å². The maximum atomic E-state index is 12.2. The number of carbonyl (C=O) groups excluding carboxylic acids is 1. The van der Waals surface area contributed by atoms with Crippen molar-refractivity contribution in [2.24, 2.45) is 4.99 Å². The van der Waals surface area contributed by atoms with Gasteiger partial charge in [-0.1, -0.05) is 18.2 Å². The Morgan fingerprint density at radius 2 is 2.08 bits per heavy atom. The number of carbonyl (C=O) groups is 1. The molecule has 5 rings (SSSR count). The van der Waals surface area contributed by atoms with Crippen LogP contribution in [0.2, 0.25) is 0 Å². The number of benzene rings is 2. The molecule has 0 bridgehead atoms. The second-order valence-corrected chi connectivity index (χ2v) is 6.81. The van der Waals surface area contributed by atoms with E-state index in [-0.39, 0.29) is 5.57 Å². The standard InChI is InChI=1S/C20H10N2O2S/c1-24-11-7-10-4-5-12(15-3-2-6-25-15)18-16(10)13(8-11)17-14(9-21)20(23)22-19(17)18/h2-8H,1H3. The number of allylic oxidation sites excluding steroid dienone is 1. The summed E-state index contributed by atoms with van der Waals surface area (Å²) in [6.45, 7) is 0. The third kappa shape index (κ3) is 1.74. The molecule has 25 heavy (non-hydrogen) atoms. The summed E-state index contributed by atoms with van der Waals surface area (Å²) in [6.07, 6.45) is 0. The molecule has 1 aliphatic carbocycles. The number of fused-ring (bicyclic) bond motifs is 3. The highest BCUT2D eigenvalue weighted by Gasteiger charge is 2.38. The van der Waals surface area contributed by atoms with E-state index in [0.29, 0.717) is 17.0 Å². The molecule has 1 amide bonds. The molecule has 3 aromatic rings. The Bertz CT molecular complexity index is 1190. The van der Waals surface area contributed by atoms with Gasteiger partial charge in [0.15, 0.2) is 0 Å². The van der Waals surface area contributed by atoms with Gasteiger partial charge in [-0.15, -0.1) is 11.3 Å². The SMILES string of the molecule is COc1cc2c3c(c(-c4cccs4)ccc3c1)C1=NC(=O)C(C#N)=C12. The first kappa shape index (κ1) is 14.1. The molecule has 1 aliphatic heterocycles. The zero-order valence-corrected chi connectivity index (χ0v) is 14.0. The van der Waals surface area contributed by atoms with Crippen molar-refractivity contribution in [3.63, 3.8) is 0 Å². The second-order valence-electron chi connectivity index (χ2n) is 5.87. The van der Waals surface area contributed by atoms with E-state index >= 15 is 0 Å². The number of thiophene rings is 1. The summed E-state index contributed by atoms with van der Waals surface area (Å²) in [5.41, 5.74) is 4.18. The number of amides is 1. The molecule has 0 N–H and O–H groups in total. The average molecular weight is 342 g/mol. The molecular formula is C20H10N2O2S. The van der Waals surface area contributed by atoms with E-state index in [1.54, 1.807) is 18.4 Å². The minimum Gasteiger partial charge on any atom is -0.497 e. The molecule has 118 valence electrons. The van der Waals surface area contributed by atoms with Crippen molar-refractivity contribution < 1.29 is 9.53 Å². The Kier molecular flexibility index (Phi) is 2.76. The highest BCUT2D eigenvalue weighted by molar-refractivity contribution is 7.13. The lowest BCUT2D eigenvalue weighted by Gasteiger charge is -2.09. The van der Waals surface area contributed by atoms with Gasteiger partial charge in [-0.3, -0.25) is 4.79 Å². The predicted molar refractivity (Wildman–Crippen MR) is 97.9 cm³/mol. The van der Waals surface area contributed by atoms with Gasteiger partial charge in [0.25, 0.3) is 5.91 Å². The van der Waals surface area contributed by atoms with Crippen molar-refractivity contribution in [1.29, 1.82) is 5.26 Å². The van der Waals surface area contributed by atoms with E-state index in [4.69, 9.17) is 4.74 Å². The van der Waals surface area contributed by atoms with Gasteiger partial charge >= 0.3 is 0 Å². The molecule has 1 aromatic heterocycles. The number of methoxy groups -OCH3 is 1. The molecule has 2 aliphatic rings. The summed E-state index contributed by atoms with van der Waals surface area (Å²) in [6, 6.07) is 14.0. The maximum absolute atomic E-state index is 12.2. The first-order valence-electron chi connectivity index (χ1n) is 7.70. The Hall–Kier alpha value is -3.23. The molecular weight excluding hydrogens is 332 g/mol. The van der Waals surface area contributed by atoms with Gasteiger partial charge in [0.2, 0.25) is 0 Å². The number of aliphatic imine (C=N–C) groups is 1. The number of hydrogen-bond acceptors (Lipinski definition) is 4. The largest absolute Gasteiger partial charge is 0.497 e. The Labute approximate surface area is 147 Å². The number of rotatable bonds is 2. The fourth-order valence-corrected chi connectivity index (χ4v) is 4.38. The van der Waals surface area contributed by atoms with Crippen LogP contribution in [0, 0.1) is 11.3 Å². The number of ether oxygens (including phenoxy) is 1. The summed E-state index contributed by atoms with van der Waals surface area (Å²) in [5, 5.41) is 13.5. The van der Waals surface area contributed by atoms with E-state index in [1.165, 1.54) is 0 Å². The average Bonchev–Trinajstić information content (AvgIpc) is 3.32. The molecule has 4 nitrogen and oxygen atoms in total. The van der Waals surface area contributed by atoms with Crippen LogP contribution < -0.4 is 4.74 Å². The van der Waals surface area contributed by atoms with E-state index < -0.39 is 5.91 Å². The van der Waals surface area contributed by atoms with Crippen LogP contribution >= 0.6 is 11.3 Å². The molecule has 0 saturated heterocycles. The highest BCUT2D eigenvalue weighted by atomic mass is 32.1. The quantitative estimate of drug-likeness (QED) is 0.701. The molecule has 0 unspecified atom stereocenters. The van der Waals surface area contributed by atoms with Crippen molar-refractivity contribution in [3.05, 3.63) is 58.5 Å². The van der Waals surface area contributed by atoms with E-state index in [9.17, 15) is 10.1 Å². The zero-order chi connectivity index (χ0) is 17.1. The van der Waals surface area contributed by atoms with Crippen LogP contribution in [0.25, 0.3) is 26.8 Å². The van der Waals surface area contributed by atoms with Crippen LogP contribution in [-0.2, 0) is 4.79 Å². The lowest BCUT2D eigenvalue weighted by atomic mass is 9.98. The molecule has 0 atom stereocenters. The van der Waals surface area contributed by atoms with Crippen molar-refractivity contribution in [1.82, 2.24) is 0 Å². The van der Waals surface area contributed by atoms with Gasteiger partial charge < -0.3 is 4.74 Å². The lowest BCUT2D eigenvalue weighted by Crippen LogP contribution is -1.96. The van der Waals surface area contributed by atoms with E-state index in [1.807, 2.05) is 35.7 Å². The van der Waals surface area contributed by atoms with Gasteiger partial charge in [-0.25, -0.2) is 4.99 Å².